The lowest BCUT2D eigenvalue weighted by molar-refractivity contribution is 0.879. The van der Waals surface area contributed by atoms with Gasteiger partial charge in [-0.15, -0.1) is 11.6 Å². The van der Waals surface area contributed by atoms with Gasteiger partial charge in [0.1, 0.15) is 5.82 Å². The van der Waals surface area contributed by atoms with E-state index in [9.17, 15) is 0 Å². The number of nitrogens with zero attached hydrogens (tertiary/aromatic N) is 2. The van der Waals surface area contributed by atoms with Crippen LogP contribution in [0.2, 0.25) is 0 Å². The zero-order valence-corrected chi connectivity index (χ0v) is 16.1. The minimum Gasteiger partial charge on any atom is -0.294 e. The standard InChI is InChI=1S/C16H13BrClIN2/c1-9-3-5-12(17)15(7-9)21-14-6-4-11(19)8-13(14)20-16(21)10(2)18/h3-8,10H,1-2H3. The number of aryl methyl sites for hydroxylation is 1. The van der Waals surface area contributed by atoms with Crippen molar-refractivity contribution in [2.24, 2.45) is 0 Å². The summed E-state index contributed by atoms with van der Waals surface area (Å²) < 4.78 is 4.34. The molecule has 0 fully saturated rings. The summed E-state index contributed by atoms with van der Waals surface area (Å²) in [6.07, 6.45) is 0. The summed E-state index contributed by atoms with van der Waals surface area (Å²) in [6, 6.07) is 12.6. The molecule has 0 radical (unpaired) electrons. The molecular weight excluding hydrogens is 462 g/mol. The summed E-state index contributed by atoms with van der Waals surface area (Å²) >= 11 is 12.3. The molecule has 0 N–H and O–H groups in total. The van der Waals surface area contributed by atoms with Gasteiger partial charge in [-0.25, -0.2) is 4.98 Å². The fraction of sp³-hybridized carbons (Fsp3) is 0.188. The summed E-state index contributed by atoms with van der Waals surface area (Å²) in [6.45, 7) is 4.04. The second-order valence-corrected chi connectivity index (χ2v) is 7.76. The van der Waals surface area contributed by atoms with Crippen LogP contribution < -0.4 is 0 Å². The van der Waals surface area contributed by atoms with Crippen molar-refractivity contribution in [3.8, 4) is 5.69 Å². The lowest BCUT2D eigenvalue weighted by Gasteiger charge is -2.13. The Kier molecular flexibility index (Phi) is 4.30. The van der Waals surface area contributed by atoms with Gasteiger partial charge in [-0.1, -0.05) is 6.07 Å². The molecule has 0 amide bonds. The van der Waals surface area contributed by atoms with Crippen molar-refractivity contribution < 1.29 is 0 Å². The highest BCUT2D eigenvalue weighted by Crippen LogP contribution is 2.32. The third kappa shape index (κ3) is 2.85. The molecule has 5 heteroatoms. The van der Waals surface area contributed by atoms with Crippen LogP contribution in [0, 0.1) is 10.5 Å². The topological polar surface area (TPSA) is 17.8 Å². The highest BCUT2D eigenvalue weighted by molar-refractivity contribution is 14.1. The van der Waals surface area contributed by atoms with E-state index in [-0.39, 0.29) is 5.38 Å². The average Bonchev–Trinajstić information content (AvgIpc) is 2.80. The molecule has 0 saturated carbocycles. The Labute approximate surface area is 150 Å². The number of hydrogen-bond acceptors (Lipinski definition) is 1. The number of hydrogen-bond donors (Lipinski definition) is 0. The van der Waals surface area contributed by atoms with Crippen molar-refractivity contribution in [1.29, 1.82) is 0 Å². The van der Waals surface area contributed by atoms with E-state index in [1.54, 1.807) is 0 Å². The maximum absolute atomic E-state index is 6.36. The van der Waals surface area contributed by atoms with Crippen molar-refractivity contribution >= 4 is 61.2 Å². The number of halogens is 3. The van der Waals surface area contributed by atoms with Crippen LogP contribution in [0.1, 0.15) is 23.7 Å². The number of fused-ring (bicyclic) bond motifs is 1. The fourth-order valence-electron chi connectivity index (χ4n) is 2.39. The molecule has 0 aliphatic rings. The number of rotatable bonds is 2. The fourth-order valence-corrected chi connectivity index (χ4v) is 3.43. The van der Waals surface area contributed by atoms with Gasteiger partial charge in [0.15, 0.2) is 0 Å². The summed E-state index contributed by atoms with van der Waals surface area (Å²) in [5.74, 6) is 0.861. The van der Waals surface area contributed by atoms with E-state index in [0.29, 0.717) is 0 Å². The van der Waals surface area contributed by atoms with Crippen LogP contribution >= 0.6 is 50.1 Å². The number of alkyl halides is 1. The molecule has 0 saturated heterocycles. The van der Waals surface area contributed by atoms with Crippen molar-refractivity contribution in [1.82, 2.24) is 9.55 Å². The third-order valence-corrected chi connectivity index (χ3v) is 4.88. The van der Waals surface area contributed by atoms with Gasteiger partial charge in [0.25, 0.3) is 0 Å². The third-order valence-electron chi connectivity index (χ3n) is 3.34. The van der Waals surface area contributed by atoms with Crippen molar-refractivity contribution in [3.05, 3.63) is 55.8 Å². The molecule has 108 valence electrons. The van der Waals surface area contributed by atoms with Crippen LogP contribution in [0.15, 0.2) is 40.9 Å². The van der Waals surface area contributed by atoms with Crippen LogP contribution in [0.3, 0.4) is 0 Å². The quantitative estimate of drug-likeness (QED) is 0.328. The average molecular weight is 476 g/mol. The van der Waals surface area contributed by atoms with E-state index >= 15 is 0 Å². The molecule has 3 rings (SSSR count). The van der Waals surface area contributed by atoms with Crippen molar-refractivity contribution in [2.45, 2.75) is 19.2 Å². The van der Waals surface area contributed by atoms with Gasteiger partial charge in [-0.05, 0) is 88.3 Å². The van der Waals surface area contributed by atoms with E-state index in [1.807, 2.05) is 6.92 Å². The first-order valence-corrected chi connectivity index (χ1v) is 8.86. The highest BCUT2D eigenvalue weighted by Gasteiger charge is 2.18. The molecule has 0 spiro atoms. The number of benzene rings is 2. The van der Waals surface area contributed by atoms with E-state index in [2.05, 4.69) is 86.4 Å². The molecule has 2 aromatic carbocycles. The van der Waals surface area contributed by atoms with Crippen LogP contribution in [-0.2, 0) is 0 Å². The van der Waals surface area contributed by atoms with Gasteiger partial charge >= 0.3 is 0 Å². The van der Waals surface area contributed by atoms with Crippen LogP contribution in [0.5, 0.6) is 0 Å². The van der Waals surface area contributed by atoms with Crippen molar-refractivity contribution in [3.63, 3.8) is 0 Å². The first-order valence-electron chi connectivity index (χ1n) is 6.56. The number of imidazole rings is 1. The molecule has 0 bridgehead atoms. The van der Waals surface area contributed by atoms with Crippen LogP contribution in [0.25, 0.3) is 16.7 Å². The summed E-state index contributed by atoms with van der Waals surface area (Å²) in [7, 11) is 0. The molecule has 0 aliphatic heterocycles. The van der Waals surface area contributed by atoms with E-state index in [0.717, 1.165) is 27.0 Å². The maximum Gasteiger partial charge on any atom is 0.132 e. The lowest BCUT2D eigenvalue weighted by Crippen LogP contribution is -2.03. The summed E-state index contributed by atoms with van der Waals surface area (Å²) in [4.78, 5) is 4.73. The predicted octanol–water partition coefficient (Wildman–Crippen LogP) is 6.00. The largest absolute Gasteiger partial charge is 0.294 e. The van der Waals surface area contributed by atoms with Gasteiger partial charge < -0.3 is 0 Å². The van der Waals surface area contributed by atoms with Gasteiger partial charge in [0, 0.05) is 8.04 Å². The first-order chi connectivity index (χ1) is 9.97. The minimum absolute atomic E-state index is 0.164. The molecule has 21 heavy (non-hydrogen) atoms. The molecule has 2 nitrogen and oxygen atoms in total. The predicted molar refractivity (Wildman–Crippen MR) is 100 cm³/mol. The van der Waals surface area contributed by atoms with Crippen LogP contribution in [-0.4, -0.2) is 9.55 Å². The van der Waals surface area contributed by atoms with Gasteiger partial charge in [0.05, 0.1) is 22.1 Å². The Hall–Kier alpha value is -0.590. The molecule has 1 aromatic heterocycles. The lowest BCUT2D eigenvalue weighted by atomic mass is 10.2. The van der Waals surface area contributed by atoms with E-state index < -0.39 is 0 Å². The molecule has 1 atom stereocenters. The zero-order chi connectivity index (χ0) is 15.1. The normalized spacial score (nSPS) is 12.8. The second kappa shape index (κ2) is 5.89. The Balaban J connectivity index is 2.39. The van der Waals surface area contributed by atoms with Gasteiger partial charge in [-0.2, -0.15) is 0 Å². The van der Waals surface area contributed by atoms with E-state index in [4.69, 9.17) is 16.6 Å². The molecular formula is C16H13BrClIN2. The van der Waals surface area contributed by atoms with Gasteiger partial charge in [0.2, 0.25) is 0 Å². The molecule has 1 heterocycles. The van der Waals surface area contributed by atoms with Crippen LogP contribution in [0.4, 0.5) is 0 Å². The van der Waals surface area contributed by atoms with Gasteiger partial charge in [-0.3, -0.25) is 4.57 Å². The number of aromatic nitrogens is 2. The molecule has 1 unspecified atom stereocenters. The summed E-state index contributed by atoms with van der Waals surface area (Å²) in [5.41, 5.74) is 4.32. The maximum atomic E-state index is 6.36. The zero-order valence-electron chi connectivity index (χ0n) is 11.6. The molecule has 3 aromatic rings. The Morgan fingerprint density at radius 2 is 2.00 bits per heavy atom. The smallest absolute Gasteiger partial charge is 0.132 e. The van der Waals surface area contributed by atoms with E-state index in [1.165, 1.54) is 9.13 Å². The Morgan fingerprint density at radius 3 is 2.71 bits per heavy atom. The minimum atomic E-state index is -0.164. The Morgan fingerprint density at radius 1 is 1.24 bits per heavy atom. The second-order valence-electron chi connectivity index (χ2n) is 5.01. The summed E-state index contributed by atoms with van der Waals surface area (Å²) in [5, 5.41) is -0.164. The Bertz CT molecular complexity index is 827. The monoisotopic (exact) mass is 474 g/mol. The highest BCUT2D eigenvalue weighted by atomic mass is 127. The molecule has 0 aliphatic carbocycles. The SMILES string of the molecule is Cc1ccc(Br)c(-n2c(C(C)Cl)nc3cc(I)ccc32)c1. The van der Waals surface area contributed by atoms with Crippen molar-refractivity contribution in [2.75, 3.05) is 0 Å². The first kappa shape index (κ1) is 15.3.